The smallest absolute Gasteiger partial charge is 0.225 e. The molecule has 0 fully saturated rings. The van der Waals surface area contributed by atoms with Crippen molar-refractivity contribution in [2.45, 2.75) is 0 Å². The zero-order valence-electron chi connectivity index (χ0n) is 11.3. The Bertz CT molecular complexity index is 665. The molecule has 0 amide bonds. The Morgan fingerprint density at radius 2 is 1.05 bits per heavy atom. The number of aromatic nitrogens is 3. The topological polar surface area (TPSA) is 117 Å². The van der Waals surface area contributed by atoms with Crippen LogP contribution in [0.1, 0.15) is 0 Å². The van der Waals surface area contributed by atoms with Crippen LogP contribution in [0.5, 0.6) is 0 Å². The molecule has 0 saturated heterocycles. The zero-order chi connectivity index (χ0) is 15.1. The molecule has 21 heavy (non-hydrogen) atoms. The minimum absolute atomic E-state index is 0.136. The summed E-state index contributed by atoms with van der Waals surface area (Å²) < 4.78 is 0. The van der Waals surface area contributed by atoms with Crippen LogP contribution < -0.4 is 17.2 Å². The predicted octanol–water partition coefficient (Wildman–Crippen LogP) is 1.97. The van der Waals surface area contributed by atoms with Crippen molar-refractivity contribution >= 4 is 17.6 Å². The van der Waals surface area contributed by atoms with Gasteiger partial charge in [-0.25, -0.2) is 0 Å². The number of nitrogen functional groups attached to an aromatic ring is 3. The van der Waals surface area contributed by atoms with Crippen molar-refractivity contribution in [2.24, 2.45) is 0 Å². The monoisotopic (exact) mass is 280 g/mol. The summed E-state index contributed by atoms with van der Waals surface area (Å²) >= 11 is 0. The molecule has 0 bridgehead atoms. The first-order valence-electron chi connectivity index (χ1n) is 6.28. The van der Waals surface area contributed by atoms with E-state index in [0.29, 0.717) is 5.82 Å². The van der Waals surface area contributed by atoms with E-state index in [1.807, 2.05) is 60.7 Å². The molecule has 3 aromatic rings. The van der Waals surface area contributed by atoms with E-state index in [2.05, 4.69) is 15.0 Å². The normalized spacial score (nSPS) is 9.52. The van der Waals surface area contributed by atoms with Crippen molar-refractivity contribution in [1.82, 2.24) is 15.0 Å². The molecule has 6 nitrogen and oxygen atoms in total. The van der Waals surface area contributed by atoms with Gasteiger partial charge in [0.2, 0.25) is 11.9 Å². The second-order valence-electron chi connectivity index (χ2n) is 4.15. The lowest BCUT2D eigenvalue weighted by atomic mass is 10.2. The first-order chi connectivity index (χ1) is 10.1. The number of para-hydroxylation sites is 1. The number of rotatable bonds is 1. The molecule has 2 aromatic carbocycles. The van der Waals surface area contributed by atoms with E-state index in [4.69, 9.17) is 17.2 Å². The molecule has 6 N–H and O–H groups in total. The van der Waals surface area contributed by atoms with Crippen LogP contribution in [0.4, 0.5) is 17.6 Å². The van der Waals surface area contributed by atoms with Gasteiger partial charge in [-0.2, -0.15) is 15.0 Å². The van der Waals surface area contributed by atoms with Crippen molar-refractivity contribution in [3.63, 3.8) is 0 Å². The SMILES string of the molecule is Nc1ccccc1.Nc1nc(N)nc(-c2ccccc2)n1. The van der Waals surface area contributed by atoms with Crippen LogP contribution in [-0.4, -0.2) is 15.0 Å². The zero-order valence-corrected chi connectivity index (χ0v) is 11.3. The van der Waals surface area contributed by atoms with Gasteiger partial charge in [-0.15, -0.1) is 0 Å². The van der Waals surface area contributed by atoms with Gasteiger partial charge in [-0.1, -0.05) is 48.5 Å². The molecule has 0 unspecified atom stereocenters. The standard InChI is InChI=1S/C9H9N5.C6H7N/c10-8-12-7(13-9(11)14-8)6-4-2-1-3-5-6;7-6-4-2-1-3-5-6/h1-5H,(H4,10,11,12,13,14);1-5H,7H2. The summed E-state index contributed by atoms with van der Waals surface area (Å²) in [5, 5.41) is 0. The maximum atomic E-state index is 5.45. The van der Waals surface area contributed by atoms with E-state index < -0.39 is 0 Å². The van der Waals surface area contributed by atoms with Gasteiger partial charge in [-0.05, 0) is 12.1 Å². The van der Waals surface area contributed by atoms with E-state index >= 15 is 0 Å². The van der Waals surface area contributed by atoms with Gasteiger partial charge in [0.1, 0.15) is 0 Å². The third-order valence-corrected chi connectivity index (χ3v) is 2.50. The second-order valence-corrected chi connectivity index (χ2v) is 4.15. The Morgan fingerprint density at radius 3 is 1.48 bits per heavy atom. The molecule has 0 saturated carbocycles. The average molecular weight is 280 g/mol. The Morgan fingerprint density at radius 1 is 0.571 bits per heavy atom. The maximum absolute atomic E-state index is 5.45. The number of nitrogens with zero attached hydrogens (tertiary/aromatic N) is 3. The molecule has 0 aliphatic rings. The molecule has 0 aliphatic heterocycles. The highest BCUT2D eigenvalue weighted by Crippen LogP contribution is 2.14. The van der Waals surface area contributed by atoms with Gasteiger partial charge in [0.25, 0.3) is 0 Å². The molecule has 3 rings (SSSR count). The minimum Gasteiger partial charge on any atom is -0.399 e. The molecular weight excluding hydrogens is 264 g/mol. The molecule has 1 heterocycles. The quantitative estimate of drug-likeness (QED) is 0.587. The predicted molar refractivity (Wildman–Crippen MR) is 84.9 cm³/mol. The van der Waals surface area contributed by atoms with Crippen molar-refractivity contribution in [3.05, 3.63) is 60.7 Å². The lowest BCUT2D eigenvalue weighted by Crippen LogP contribution is -2.04. The van der Waals surface area contributed by atoms with Gasteiger partial charge in [0.05, 0.1) is 0 Å². The molecular formula is C15H16N6. The van der Waals surface area contributed by atoms with Crippen LogP contribution in [0, 0.1) is 0 Å². The van der Waals surface area contributed by atoms with Gasteiger partial charge in [0, 0.05) is 11.3 Å². The van der Waals surface area contributed by atoms with Crippen LogP contribution >= 0.6 is 0 Å². The lowest BCUT2D eigenvalue weighted by molar-refractivity contribution is 1.09. The number of hydrogen-bond acceptors (Lipinski definition) is 6. The number of benzene rings is 2. The Labute approximate surface area is 122 Å². The molecule has 0 aliphatic carbocycles. The third-order valence-electron chi connectivity index (χ3n) is 2.50. The lowest BCUT2D eigenvalue weighted by Gasteiger charge is -2.00. The fraction of sp³-hybridized carbons (Fsp3) is 0. The van der Waals surface area contributed by atoms with Crippen molar-refractivity contribution in [2.75, 3.05) is 17.2 Å². The fourth-order valence-corrected chi connectivity index (χ4v) is 1.58. The molecule has 1 aromatic heterocycles. The van der Waals surface area contributed by atoms with Crippen LogP contribution in [0.2, 0.25) is 0 Å². The van der Waals surface area contributed by atoms with Gasteiger partial charge < -0.3 is 17.2 Å². The van der Waals surface area contributed by atoms with E-state index in [1.165, 1.54) is 0 Å². The largest absolute Gasteiger partial charge is 0.399 e. The summed E-state index contributed by atoms with van der Waals surface area (Å²) in [7, 11) is 0. The number of nitrogens with two attached hydrogens (primary N) is 3. The van der Waals surface area contributed by atoms with Gasteiger partial charge in [0.15, 0.2) is 5.82 Å². The molecule has 0 atom stereocenters. The molecule has 106 valence electrons. The van der Waals surface area contributed by atoms with Crippen LogP contribution in [0.3, 0.4) is 0 Å². The minimum atomic E-state index is 0.136. The summed E-state index contributed by atoms with van der Waals surface area (Å²) in [6.45, 7) is 0. The summed E-state index contributed by atoms with van der Waals surface area (Å²) in [4.78, 5) is 11.7. The highest BCUT2D eigenvalue weighted by molar-refractivity contribution is 5.56. The summed E-state index contributed by atoms with van der Waals surface area (Å²) in [6, 6.07) is 19.0. The first kappa shape index (κ1) is 14.3. The van der Waals surface area contributed by atoms with Crippen LogP contribution in [-0.2, 0) is 0 Å². The highest BCUT2D eigenvalue weighted by Gasteiger charge is 2.03. The van der Waals surface area contributed by atoms with Crippen molar-refractivity contribution in [1.29, 1.82) is 0 Å². The third kappa shape index (κ3) is 4.46. The van der Waals surface area contributed by atoms with E-state index in [9.17, 15) is 0 Å². The van der Waals surface area contributed by atoms with Crippen LogP contribution in [0.15, 0.2) is 60.7 Å². The van der Waals surface area contributed by atoms with Crippen molar-refractivity contribution in [3.8, 4) is 11.4 Å². The molecule has 0 radical (unpaired) electrons. The van der Waals surface area contributed by atoms with Crippen molar-refractivity contribution < 1.29 is 0 Å². The fourth-order valence-electron chi connectivity index (χ4n) is 1.58. The Hall–Kier alpha value is -3.15. The Kier molecular flexibility index (Phi) is 4.66. The highest BCUT2D eigenvalue weighted by atomic mass is 15.1. The number of anilines is 3. The average Bonchev–Trinajstić information content (AvgIpc) is 2.49. The maximum Gasteiger partial charge on any atom is 0.225 e. The summed E-state index contributed by atoms with van der Waals surface area (Å²) in [6.07, 6.45) is 0. The van der Waals surface area contributed by atoms with E-state index in [-0.39, 0.29) is 11.9 Å². The van der Waals surface area contributed by atoms with E-state index in [1.54, 1.807) is 0 Å². The van der Waals surface area contributed by atoms with Gasteiger partial charge >= 0.3 is 0 Å². The summed E-state index contributed by atoms with van der Waals surface area (Å²) in [5.41, 5.74) is 18.0. The van der Waals surface area contributed by atoms with Gasteiger partial charge in [-0.3, -0.25) is 0 Å². The first-order valence-corrected chi connectivity index (χ1v) is 6.28. The van der Waals surface area contributed by atoms with Crippen LogP contribution in [0.25, 0.3) is 11.4 Å². The number of hydrogen-bond donors (Lipinski definition) is 3. The summed E-state index contributed by atoms with van der Waals surface area (Å²) in [5.74, 6) is 0.767. The molecule has 0 spiro atoms. The Balaban J connectivity index is 0.000000194. The van der Waals surface area contributed by atoms with E-state index in [0.717, 1.165) is 11.3 Å². The molecule has 6 heteroatoms. The second kappa shape index (κ2) is 6.85.